The zero-order valence-corrected chi connectivity index (χ0v) is 29.5. The summed E-state index contributed by atoms with van der Waals surface area (Å²) in [4.78, 5) is 68.8. The largest absolute Gasteiger partial charge is 0.497 e. The Morgan fingerprint density at radius 3 is 2.02 bits per heavy atom. The normalized spacial score (nSPS) is 11.0. The smallest absolute Gasteiger partial charge is 0.319 e. The van der Waals surface area contributed by atoms with Gasteiger partial charge in [-0.25, -0.2) is 4.79 Å². The van der Waals surface area contributed by atoms with Crippen molar-refractivity contribution in [1.82, 2.24) is 5.32 Å². The molecule has 14 heteroatoms. The number of carboxylic acid groups (broad SMARTS) is 1. The summed E-state index contributed by atoms with van der Waals surface area (Å²) in [6, 6.07) is 25.9. The van der Waals surface area contributed by atoms with Gasteiger partial charge in [0.25, 0.3) is 5.91 Å². The number of carbonyl (C=O) groups excluding carboxylic acids is 4. The van der Waals surface area contributed by atoms with Crippen LogP contribution in [-0.4, -0.2) is 82.8 Å². The van der Waals surface area contributed by atoms with E-state index >= 15 is 0 Å². The first kappa shape index (κ1) is 38.2. The minimum absolute atomic E-state index is 0.143. The summed E-state index contributed by atoms with van der Waals surface area (Å²) in [7, 11) is 6.15. The van der Waals surface area contributed by atoms with Crippen molar-refractivity contribution in [3.63, 3.8) is 0 Å². The molecule has 0 fully saturated rings. The van der Waals surface area contributed by atoms with Crippen molar-refractivity contribution in [1.29, 1.82) is 0 Å². The Balaban J connectivity index is 1.53. The van der Waals surface area contributed by atoms with Crippen LogP contribution in [0.4, 0.5) is 27.5 Å². The standard InChI is InChI=1S/C38H41N5O9/c1-25(37(47)48)26-12-11-13-27(18-26)40-38(49)39-22-34(44)43(23-35(45)41(2)28-14-7-6-8-15-28)32-16-9-10-17-33(32)52-24-36(46)42(3)29-19-30(50-4)21-31(20-29)51-5/h6-21,25H,22-24H2,1-5H3,(H,47,48)(H2,39,40,49). The number of hydrogen-bond acceptors (Lipinski definition) is 8. The Labute approximate surface area is 301 Å². The number of ether oxygens (including phenoxy) is 3. The number of carboxylic acids is 1. The molecule has 4 rings (SSSR count). The maximum Gasteiger partial charge on any atom is 0.319 e. The number of nitrogens with one attached hydrogen (secondary N) is 2. The predicted octanol–water partition coefficient (Wildman–Crippen LogP) is 4.75. The van der Waals surface area contributed by atoms with Gasteiger partial charge in [-0.1, -0.05) is 42.5 Å². The van der Waals surface area contributed by atoms with Gasteiger partial charge in [0.15, 0.2) is 6.61 Å². The highest BCUT2D eigenvalue weighted by Crippen LogP contribution is 2.30. The van der Waals surface area contributed by atoms with Crippen molar-refractivity contribution in [2.75, 3.05) is 68.0 Å². The lowest BCUT2D eigenvalue weighted by atomic mass is 10.0. The Kier molecular flexibility index (Phi) is 13.2. The van der Waals surface area contributed by atoms with Crippen LogP contribution >= 0.6 is 0 Å². The SMILES string of the molecule is COc1cc(OC)cc(N(C)C(=O)COc2ccccc2N(CC(=O)N(C)c2ccccc2)C(=O)CNC(=O)Nc2cccc(C(C)C(=O)O)c2)c1. The molecule has 5 amide bonds. The van der Waals surface area contributed by atoms with E-state index in [4.69, 9.17) is 14.2 Å². The van der Waals surface area contributed by atoms with Crippen LogP contribution in [0.25, 0.3) is 0 Å². The Morgan fingerprint density at radius 2 is 1.37 bits per heavy atom. The molecule has 4 aromatic carbocycles. The molecule has 0 saturated carbocycles. The number of likely N-dealkylation sites (N-methyl/N-ethyl adjacent to an activating group) is 2. The lowest BCUT2D eigenvalue weighted by Crippen LogP contribution is -2.46. The molecular weight excluding hydrogens is 670 g/mol. The number of hydrogen-bond donors (Lipinski definition) is 3. The summed E-state index contributed by atoms with van der Waals surface area (Å²) in [6.07, 6.45) is 0. The van der Waals surface area contributed by atoms with E-state index in [0.29, 0.717) is 34.1 Å². The molecule has 272 valence electrons. The molecule has 1 unspecified atom stereocenters. The van der Waals surface area contributed by atoms with Crippen LogP contribution in [0, 0.1) is 0 Å². The van der Waals surface area contributed by atoms with Crippen LogP contribution in [0.3, 0.4) is 0 Å². The van der Waals surface area contributed by atoms with E-state index in [9.17, 15) is 29.1 Å². The quantitative estimate of drug-likeness (QED) is 0.158. The molecule has 0 bridgehead atoms. The van der Waals surface area contributed by atoms with Gasteiger partial charge in [0.05, 0.1) is 38.1 Å². The summed E-state index contributed by atoms with van der Waals surface area (Å²) >= 11 is 0. The maximum absolute atomic E-state index is 13.8. The third-order valence-electron chi connectivity index (χ3n) is 8.13. The van der Waals surface area contributed by atoms with Crippen LogP contribution < -0.4 is 39.5 Å². The predicted molar refractivity (Wildman–Crippen MR) is 197 cm³/mol. The molecule has 52 heavy (non-hydrogen) atoms. The monoisotopic (exact) mass is 711 g/mol. The van der Waals surface area contributed by atoms with Gasteiger partial charge in [-0.2, -0.15) is 0 Å². The number of benzene rings is 4. The summed E-state index contributed by atoms with van der Waals surface area (Å²) in [5.41, 5.74) is 2.10. The van der Waals surface area contributed by atoms with Crippen LogP contribution in [0.2, 0.25) is 0 Å². The molecule has 1 atom stereocenters. The minimum Gasteiger partial charge on any atom is -0.497 e. The number of carbonyl (C=O) groups is 5. The van der Waals surface area contributed by atoms with E-state index in [-0.39, 0.29) is 11.4 Å². The van der Waals surface area contributed by atoms with E-state index in [2.05, 4.69) is 10.6 Å². The molecule has 0 spiro atoms. The third kappa shape index (κ3) is 10.00. The summed E-state index contributed by atoms with van der Waals surface area (Å²) in [6.45, 7) is 0.153. The third-order valence-corrected chi connectivity index (χ3v) is 8.13. The lowest BCUT2D eigenvalue weighted by Gasteiger charge is -2.27. The first-order valence-electron chi connectivity index (χ1n) is 16.1. The zero-order valence-electron chi connectivity index (χ0n) is 29.5. The number of para-hydroxylation sites is 3. The molecule has 0 aliphatic carbocycles. The second-order valence-electron chi connectivity index (χ2n) is 11.5. The molecule has 3 N–H and O–H groups in total. The molecule has 0 aromatic heterocycles. The first-order valence-corrected chi connectivity index (χ1v) is 16.1. The highest BCUT2D eigenvalue weighted by atomic mass is 16.5. The molecule has 0 aliphatic heterocycles. The molecule has 0 saturated heterocycles. The van der Waals surface area contributed by atoms with E-state index in [1.807, 2.05) is 6.07 Å². The van der Waals surface area contributed by atoms with E-state index in [0.717, 1.165) is 0 Å². The van der Waals surface area contributed by atoms with Gasteiger partial charge in [-0.3, -0.25) is 24.1 Å². The fourth-order valence-electron chi connectivity index (χ4n) is 4.97. The minimum atomic E-state index is -1.02. The molecule has 0 radical (unpaired) electrons. The van der Waals surface area contributed by atoms with Gasteiger partial charge in [-0.15, -0.1) is 0 Å². The number of methoxy groups -OCH3 is 2. The van der Waals surface area contributed by atoms with Gasteiger partial charge in [-0.05, 0) is 48.9 Å². The van der Waals surface area contributed by atoms with Gasteiger partial charge >= 0.3 is 12.0 Å². The maximum atomic E-state index is 13.8. The molecule has 0 heterocycles. The van der Waals surface area contributed by atoms with Gasteiger partial charge in [0, 0.05) is 43.7 Å². The second kappa shape index (κ2) is 17.9. The van der Waals surface area contributed by atoms with Crippen molar-refractivity contribution in [2.45, 2.75) is 12.8 Å². The lowest BCUT2D eigenvalue weighted by molar-refractivity contribution is -0.138. The molecule has 4 aromatic rings. The number of amides is 5. The highest BCUT2D eigenvalue weighted by Gasteiger charge is 2.26. The van der Waals surface area contributed by atoms with Gasteiger partial charge in [0.2, 0.25) is 11.8 Å². The summed E-state index contributed by atoms with van der Waals surface area (Å²) in [5.74, 6) is -2.21. The molecule has 0 aliphatic rings. The zero-order chi connectivity index (χ0) is 37.8. The fourth-order valence-corrected chi connectivity index (χ4v) is 4.97. The van der Waals surface area contributed by atoms with Crippen LogP contribution in [0.15, 0.2) is 97.1 Å². The number of rotatable bonds is 15. The average Bonchev–Trinajstić information content (AvgIpc) is 3.17. The van der Waals surface area contributed by atoms with Crippen LogP contribution in [-0.2, 0) is 19.2 Å². The number of urea groups is 1. The van der Waals surface area contributed by atoms with Crippen molar-refractivity contribution >= 4 is 52.5 Å². The van der Waals surface area contributed by atoms with Crippen molar-refractivity contribution in [2.24, 2.45) is 0 Å². The van der Waals surface area contributed by atoms with Gasteiger partial charge in [0.1, 0.15) is 23.8 Å². The number of nitrogens with zero attached hydrogens (tertiary/aromatic N) is 3. The summed E-state index contributed by atoms with van der Waals surface area (Å²) in [5, 5.41) is 14.4. The van der Waals surface area contributed by atoms with E-state index in [1.54, 1.807) is 99.0 Å². The fraction of sp³-hybridized carbons (Fsp3) is 0.237. The first-order chi connectivity index (χ1) is 24.9. The Morgan fingerprint density at radius 1 is 0.731 bits per heavy atom. The van der Waals surface area contributed by atoms with Crippen molar-refractivity contribution in [3.8, 4) is 17.2 Å². The average molecular weight is 712 g/mol. The Bertz CT molecular complexity index is 1880. The summed E-state index contributed by atoms with van der Waals surface area (Å²) < 4.78 is 16.6. The topological polar surface area (TPSA) is 167 Å². The number of anilines is 4. The second-order valence-corrected chi connectivity index (χ2v) is 11.5. The van der Waals surface area contributed by atoms with Crippen molar-refractivity contribution in [3.05, 3.63) is 103 Å². The van der Waals surface area contributed by atoms with Gasteiger partial charge < -0.3 is 39.8 Å². The van der Waals surface area contributed by atoms with Crippen LogP contribution in [0.1, 0.15) is 18.4 Å². The van der Waals surface area contributed by atoms with Crippen molar-refractivity contribution < 1.29 is 43.3 Å². The highest BCUT2D eigenvalue weighted by molar-refractivity contribution is 6.06. The Hall–Kier alpha value is -6.57. The molecular formula is C38H41N5O9. The van der Waals surface area contributed by atoms with E-state index in [1.165, 1.54) is 41.9 Å². The number of aliphatic carboxylic acids is 1. The molecule has 14 nitrogen and oxygen atoms in total. The van der Waals surface area contributed by atoms with E-state index < -0.39 is 55.3 Å². The van der Waals surface area contributed by atoms with Crippen LogP contribution in [0.5, 0.6) is 17.2 Å².